The van der Waals surface area contributed by atoms with E-state index >= 15 is 0 Å². The number of nitriles is 1. The first-order valence-electron chi connectivity index (χ1n) is 6.96. The Morgan fingerprint density at radius 2 is 2.10 bits per heavy atom. The van der Waals surface area contributed by atoms with Crippen molar-refractivity contribution in [3.63, 3.8) is 0 Å². The number of carbonyl (C=O) groups is 1. The maximum absolute atomic E-state index is 12.0. The number of ketones is 1. The first kappa shape index (κ1) is 13.4. The van der Waals surface area contributed by atoms with Crippen molar-refractivity contribution >= 4 is 5.78 Å². The van der Waals surface area contributed by atoms with Crippen molar-refractivity contribution in [1.29, 1.82) is 5.26 Å². The first-order chi connectivity index (χ1) is 10.2. The van der Waals surface area contributed by atoms with Gasteiger partial charge in [-0.05, 0) is 30.2 Å². The van der Waals surface area contributed by atoms with Crippen LogP contribution in [0.2, 0.25) is 0 Å². The number of rotatable bonds is 2. The van der Waals surface area contributed by atoms with E-state index in [9.17, 15) is 4.79 Å². The van der Waals surface area contributed by atoms with Gasteiger partial charge in [0.05, 0.1) is 18.2 Å². The molecule has 1 aromatic carbocycles. The second-order valence-electron chi connectivity index (χ2n) is 5.28. The van der Waals surface area contributed by atoms with Crippen LogP contribution in [0, 0.1) is 17.2 Å². The fourth-order valence-electron chi connectivity index (χ4n) is 2.80. The van der Waals surface area contributed by atoms with Crippen molar-refractivity contribution < 1.29 is 9.53 Å². The number of ether oxygens (including phenoxy) is 1. The van der Waals surface area contributed by atoms with Crippen LogP contribution < -0.4 is 0 Å². The number of hydrogen-bond acceptors (Lipinski definition) is 3. The predicted molar refractivity (Wildman–Crippen MR) is 78.9 cm³/mol. The molecular weight excluding hydrogens is 262 g/mol. The van der Waals surface area contributed by atoms with Crippen molar-refractivity contribution in [3.05, 3.63) is 71.2 Å². The number of carbonyl (C=O) groups excluding carboxylic acids is 1. The molecule has 21 heavy (non-hydrogen) atoms. The van der Waals surface area contributed by atoms with Crippen molar-refractivity contribution in [2.45, 2.75) is 19.3 Å². The third-order valence-electron chi connectivity index (χ3n) is 3.89. The Morgan fingerprint density at radius 1 is 1.33 bits per heavy atom. The summed E-state index contributed by atoms with van der Waals surface area (Å²) >= 11 is 0. The summed E-state index contributed by atoms with van der Waals surface area (Å²) in [6.45, 7) is 1.79. The molecule has 3 heteroatoms. The molecule has 0 amide bonds. The van der Waals surface area contributed by atoms with Crippen LogP contribution in [-0.2, 0) is 9.53 Å². The number of benzene rings is 1. The molecular formula is C18H15NO2. The third kappa shape index (κ3) is 2.41. The summed E-state index contributed by atoms with van der Waals surface area (Å²) in [4.78, 5) is 12.0. The molecule has 0 N–H and O–H groups in total. The lowest BCUT2D eigenvalue weighted by atomic mass is 9.80. The Kier molecular flexibility index (Phi) is 3.45. The van der Waals surface area contributed by atoms with Crippen LogP contribution in [0.5, 0.6) is 0 Å². The van der Waals surface area contributed by atoms with Crippen LogP contribution in [0.25, 0.3) is 0 Å². The van der Waals surface area contributed by atoms with Crippen molar-refractivity contribution in [2.24, 2.45) is 5.92 Å². The first-order valence-corrected chi connectivity index (χ1v) is 6.96. The SMILES string of the molecule is CC(C#N)C1=CC(=O)CC2=C1OC=CC2c1ccccc1. The van der Waals surface area contributed by atoms with E-state index < -0.39 is 0 Å². The quantitative estimate of drug-likeness (QED) is 0.829. The summed E-state index contributed by atoms with van der Waals surface area (Å²) in [6.07, 6.45) is 5.51. The van der Waals surface area contributed by atoms with Gasteiger partial charge in [0, 0.05) is 17.9 Å². The van der Waals surface area contributed by atoms with Crippen LogP contribution in [-0.4, -0.2) is 5.78 Å². The third-order valence-corrected chi connectivity index (χ3v) is 3.89. The highest BCUT2D eigenvalue weighted by Gasteiger charge is 2.31. The minimum Gasteiger partial charge on any atom is -0.465 e. The maximum atomic E-state index is 12.0. The molecule has 3 rings (SSSR count). The maximum Gasteiger partial charge on any atom is 0.160 e. The van der Waals surface area contributed by atoms with Crippen LogP contribution in [0.4, 0.5) is 0 Å². The second kappa shape index (κ2) is 5.41. The Hall–Kier alpha value is -2.60. The smallest absolute Gasteiger partial charge is 0.160 e. The molecule has 1 heterocycles. The summed E-state index contributed by atoms with van der Waals surface area (Å²) in [6, 6.07) is 12.2. The molecule has 104 valence electrons. The normalized spacial score (nSPS) is 22.0. The second-order valence-corrected chi connectivity index (χ2v) is 5.28. The average Bonchev–Trinajstić information content (AvgIpc) is 2.53. The van der Waals surface area contributed by atoms with Crippen LogP contribution in [0.15, 0.2) is 65.7 Å². The molecule has 3 nitrogen and oxygen atoms in total. The van der Waals surface area contributed by atoms with Gasteiger partial charge in [-0.2, -0.15) is 5.26 Å². The average molecular weight is 277 g/mol. The molecule has 0 saturated carbocycles. The number of hydrogen-bond donors (Lipinski definition) is 0. The van der Waals surface area contributed by atoms with E-state index in [1.54, 1.807) is 19.3 Å². The van der Waals surface area contributed by atoms with E-state index in [1.165, 1.54) is 0 Å². The van der Waals surface area contributed by atoms with Gasteiger partial charge in [-0.15, -0.1) is 0 Å². The molecule has 2 atom stereocenters. The van der Waals surface area contributed by atoms with E-state index in [1.807, 2.05) is 36.4 Å². The summed E-state index contributed by atoms with van der Waals surface area (Å²) in [7, 11) is 0. The molecule has 1 aliphatic carbocycles. The zero-order valence-corrected chi connectivity index (χ0v) is 11.7. The van der Waals surface area contributed by atoms with E-state index in [0.29, 0.717) is 17.8 Å². The topological polar surface area (TPSA) is 50.1 Å². The highest BCUT2D eigenvalue weighted by molar-refractivity contribution is 5.95. The molecule has 1 aliphatic heterocycles. The van der Waals surface area contributed by atoms with Gasteiger partial charge in [0.2, 0.25) is 0 Å². The zero-order valence-electron chi connectivity index (χ0n) is 11.7. The highest BCUT2D eigenvalue weighted by Crippen LogP contribution is 2.40. The van der Waals surface area contributed by atoms with Crippen molar-refractivity contribution in [3.8, 4) is 6.07 Å². The fraction of sp³-hybridized carbons (Fsp3) is 0.222. The molecule has 0 radical (unpaired) electrons. The van der Waals surface area contributed by atoms with Gasteiger partial charge >= 0.3 is 0 Å². The Labute approximate surface area is 123 Å². The lowest BCUT2D eigenvalue weighted by Crippen LogP contribution is -2.19. The molecule has 0 bridgehead atoms. The molecule has 1 aromatic rings. The summed E-state index contributed by atoms with van der Waals surface area (Å²) in [5, 5.41) is 9.15. The molecule has 0 aromatic heterocycles. The van der Waals surface area contributed by atoms with Crippen molar-refractivity contribution in [2.75, 3.05) is 0 Å². The largest absolute Gasteiger partial charge is 0.465 e. The Morgan fingerprint density at radius 3 is 2.81 bits per heavy atom. The molecule has 2 aliphatic rings. The summed E-state index contributed by atoms with van der Waals surface area (Å²) < 4.78 is 5.64. The van der Waals surface area contributed by atoms with Crippen molar-refractivity contribution in [1.82, 2.24) is 0 Å². The standard InChI is InChI=1S/C18H15NO2/c1-12(11-19)16-9-14(20)10-17-15(7-8-21-18(16)17)13-5-3-2-4-6-13/h2-9,12,15H,10H2,1H3. The number of allylic oxidation sites excluding steroid dienone is 4. The number of nitrogens with zero attached hydrogens (tertiary/aromatic N) is 1. The van der Waals surface area contributed by atoms with Crippen LogP contribution in [0.3, 0.4) is 0 Å². The van der Waals surface area contributed by atoms with E-state index in [2.05, 4.69) is 6.07 Å². The Balaban J connectivity index is 2.07. The minimum absolute atomic E-state index is 0.0330. The summed E-state index contributed by atoms with van der Waals surface area (Å²) in [5.74, 6) is 0.404. The Bertz CT molecular complexity index is 704. The molecule has 0 spiro atoms. The summed E-state index contributed by atoms with van der Waals surface area (Å²) in [5.41, 5.74) is 2.77. The lowest BCUT2D eigenvalue weighted by Gasteiger charge is -2.29. The van der Waals surface area contributed by atoms with Gasteiger partial charge < -0.3 is 4.74 Å². The lowest BCUT2D eigenvalue weighted by molar-refractivity contribution is -0.114. The van der Waals surface area contributed by atoms with Gasteiger partial charge in [-0.3, -0.25) is 4.79 Å². The fourth-order valence-corrected chi connectivity index (χ4v) is 2.80. The van der Waals surface area contributed by atoms with Gasteiger partial charge in [0.15, 0.2) is 5.78 Å². The highest BCUT2D eigenvalue weighted by atomic mass is 16.5. The van der Waals surface area contributed by atoms with E-state index in [-0.39, 0.29) is 17.6 Å². The van der Waals surface area contributed by atoms with E-state index in [4.69, 9.17) is 10.00 Å². The monoisotopic (exact) mass is 277 g/mol. The molecule has 2 unspecified atom stereocenters. The van der Waals surface area contributed by atoms with Gasteiger partial charge in [0.1, 0.15) is 5.76 Å². The minimum atomic E-state index is -0.359. The van der Waals surface area contributed by atoms with Gasteiger partial charge in [0.25, 0.3) is 0 Å². The predicted octanol–water partition coefficient (Wildman–Crippen LogP) is 3.63. The van der Waals surface area contributed by atoms with Crippen LogP contribution in [0.1, 0.15) is 24.8 Å². The van der Waals surface area contributed by atoms with Gasteiger partial charge in [-0.25, -0.2) is 0 Å². The zero-order chi connectivity index (χ0) is 14.8. The molecule has 0 fully saturated rings. The molecule has 0 saturated heterocycles. The van der Waals surface area contributed by atoms with E-state index in [0.717, 1.165) is 11.1 Å². The van der Waals surface area contributed by atoms with Crippen LogP contribution >= 0.6 is 0 Å². The van der Waals surface area contributed by atoms with Gasteiger partial charge in [-0.1, -0.05) is 30.3 Å².